The van der Waals surface area contributed by atoms with E-state index in [0.717, 1.165) is 0 Å². The quantitative estimate of drug-likeness (QED) is 0.361. The van der Waals surface area contributed by atoms with Gasteiger partial charge in [0.05, 0.1) is 6.42 Å². The number of carbonyl (C=O) groups is 1. The first-order chi connectivity index (χ1) is 7.44. The second-order valence-electron chi connectivity index (χ2n) is 4.29. The van der Waals surface area contributed by atoms with Crippen molar-refractivity contribution in [2.75, 3.05) is 0 Å². The Kier molecular flexibility index (Phi) is 6.36. The third-order valence-electron chi connectivity index (χ3n) is 2.08. The Hall–Kier alpha value is 0.1000. The molecule has 0 aliphatic carbocycles. The van der Waals surface area contributed by atoms with Gasteiger partial charge in [-0.2, -0.15) is 0 Å². The minimum atomic E-state index is -1.48. The third-order valence-corrected chi connectivity index (χ3v) is 3.29. The standard InChI is InChI=1S/C9H14Cl4N2O2/c1-8(2,4-6(16)17-7(14)15)5(10)3-9(11,12)13/h5H,3-4H2,1-2H3,(H3,14,15). The van der Waals surface area contributed by atoms with Crippen LogP contribution in [0.15, 0.2) is 0 Å². The van der Waals surface area contributed by atoms with Gasteiger partial charge in [-0.15, -0.1) is 11.6 Å². The van der Waals surface area contributed by atoms with Crippen molar-refractivity contribution in [2.24, 2.45) is 11.1 Å². The molecule has 0 aromatic rings. The Bertz CT molecular complexity index is 302. The molecule has 0 fully saturated rings. The van der Waals surface area contributed by atoms with Crippen LogP contribution in [0.25, 0.3) is 0 Å². The van der Waals surface area contributed by atoms with Gasteiger partial charge in [-0.1, -0.05) is 48.7 Å². The van der Waals surface area contributed by atoms with Gasteiger partial charge in [-0.05, 0) is 5.41 Å². The summed E-state index contributed by atoms with van der Waals surface area (Å²) in [5.74, 6) is -0.641. The van der Waals surface area contributed by atoms with E-state index in [1.807, 2.05) is 0 Å². The lowest BCUT2D eigenvalue weighted by molar-refractivity contribution is -0.138. The molecule has 0 bridgehead atoms. The molecule has 0 saturated carbocycles. The van der Waals surface area contributed by atoms with Crippen molar-refractivity contribution in [3.63, 3.8) is 0 Å². The van der Waals surface area contributed by atoms with Crippen LogP contribution in [0.5, 0.6) is 0 Å². The number of esters is 1. The average Bonchev–Trinajstić information content (AvgIpc) is 1.96. The molecule has 1 atom stereocenters. The van der Waals surface area contributed by atoms with Crippen molar-refractivity contribution >= 4 is 58.4 Å². The van der Waals surface area contributed by atoms with Crippen LogP contribution < -0.4 is 5.73 Å². The van der Waals surface area contributed by atoms with Crippen LogP contribution in [-0.2, 0) is 9.53 Å². The molecule has 100 valence electrons. The Morgan fingerprint density at radius 3 is 2.24 bits per heavy atom. The van der Waals surface area contributed by atoms with Crippen LogP contribution in [0.4, 0.5) is 0 Å². The van der Waals surface area contributed by atoms with Gasteiger partial charge in [0.1, 0.15) is 0 Å². The molecule has 0 spiro atoms. The van der Waals surface area contributed by atoms with Crippen molar-refractivity contribution in [3.8, 4) is 0 Å². The van der Waals surface area contributed by atoms with Crippen molar-refractivity contribution in [2.45, 2.75) is 35.9 Å². The summed E-state index contributed by atoms with van der Waals surface area (Å²) in [6.45, 7) is 3.48. The summed E-state index contributed by atoms with van der Waals surface area (Å²) in [6.07, 6.45) is 0.0705. The highest BCUT2D eigenvalue weighted by Gasteiger charge is 2.36. The van der Waals surface area contributed by atoms with E-state index in [0.29, 0.717) is 0 Å². The zero-order chi connectivity index (χ0) is 13.9. The molecule has 0 aromatic heterocycles. The van der Waals surface area contributed by atoms with Crippen LogP contribution in [0.3, 0.4) is 0 Å². The highest BCUT2D eigenvalue weighted by Crippen LogP contribution is 2.40. The Morgan fingerprint density at radius 2 is 1.88 bits per heavy atom. The maximum absolute atomic E-state index is 11.3. The SMILES string of the molecule is CC(C)(CC(=O)OC(=N)N)C(Cl)CC(Cl)(Cl)Cl. The number of halogens is 4. The number of hydrogen-bond acceptors (Lipinski definition) is 3. The number of alkyl halides is 4. The topological polar surface area (TPSA) is 76.2 Å². The molecule has 1 unspecified atom stereocenters. The maximum Gasteiger partial charge on any atom is 0.314 e. The first kappa shape index (κ1) is 17.1. The van der Waals surface area contributed by atoms with E-state index in [1.165, 1.54) is 0 Å². The molecular formula is C9H14Cl4N2O2. The van der Waals surface area contributed by atoms with Gasteiger partial charge in [0.2, 0.25) is 0 Å². The van der Waals surface area contributed by atoms with Crippen LogP contribution in [0.2, 0.25) is 0 Å². The smallest absolute Gasteiger partial charge is 0.314 e. The summed E-state index contributed by atoms with van der Waals surface area (Å²) >= 11 is 23.0. The lowest BCUT2D eigenvalue weighted by Crippen LogP contribution is -2.32. The molecule has 0 aliphatic heterocycles. The summed E-state index contributed by atoms with van der Waals surface area (Å²) in [6, 6.07) is -0.654. The van der Waals surface area contributed by atoms with Crippen LogP contribution in [0.1, 0.15) is 26.7 Å². The Balaban J connectivity index is 4.46. The fraction of sp³-hybridized carbons (Fsp3) is 0.778. The zero-order valence-electron chi connectivity index (χ0n) is 9.40. The first-order valence-electron chi connectivity index (χ1n) is 4.69. The predicted octanol–water partition coefficient (Wildman–Crippen LogP) is 3.21. The summed E-state index contributed by atoms with van der Waals surface area (Å²) in [5, 5.41) is 6.29. The van der Waals surface area contributed by atoms with Gasteiger partial charge in [0, 0.05) is 11.8 Å². The first-order valence-corrected chi connectivity index (χ1v) is 6.26. The highest BCUT2D eigenvalue weighted by molar-refractivity contribution is 6.67. The number of carbonyl (C=O) groups excluding carboxylic acids is 1. The number of hydrogen-bond donors (Lipinski definition) is 2. The van der Waals surface area contributed by atoms with E-state index < -0.39 is 26.6 Å². The minimum absolute atomic E-state index is 0.0263. The van der Waals surface area contributed by atoms with E-state index in [-0.39, 0.29) is 12.8 Å². The molecule has 0 saturated heterocycles. The van der Waals surface area contributed by atoms with Crippen LogP contribution in [-0.4, -0.2) is 21.2 Å². The summed E-state index contributed by atoms with van der Waals surface area (Å²) in [4.78, 5) is 11.3. The van der Waals surface area contributed by atoms with E-state index in [2.05, 4.69) is 4.74 Å². The van der Waals surface area contributed by atoms with Gasteiger partial charge >= 0.3 is 5.97 Å². The van der Waals surface area contributed by atoms with Crippen LogP contribution >= 0.6 is 46.4 Å². The molecule has 0 rings (SSSR count). The van der Waals surface area contributed by atoms with E-state index in [1.54, 1.807) is 13.8 Å². The minimum Gasteiger partial charge on any atom is -0.393 e. The van der Waals surface area contributed by atoms with Crippen LogP contribution in [0, 0.1) is 10.8 Å². The molecule has 17 heavy (non-hydrogen) atoms. The Labute approximate surface area is 120 Å². The predicted molar refractivity (Wildman–Crippen MR) is 71.0 cm³/mol. The fourth-order valence-electron chi connectivity index (χ4n) is 1.12. The third kappa shape index (κ3) is 7.92. The second kappa shape index (κ2) is 6.32. The largest absolute Gasteiger partial charge is 0.393 e. The van der Waals surface area contributed by atoms with Crippen molar-refractivity contribution in [1.29, 1.82) is 5.41 Å². The monoisotopic (exact) mass is 322 g/mol. The Morgan fingerprint density at radius 1 is 1.41 bits per heavy atom. The molecule has 0 radical (unpaired) electrons. The second-order valence-corrected chi connectivity index (χ2v) is 7.33. The molecule has 0 aromatic carbocycles. The average molecular weight is 324 g/mol. The molecule has 3 N–H and O–H groups in total. The van der Waals surface area contributed by atoms with E-state index >= 15 is 0 Å². The van der Waals surface area contributed by atoms with Crippen molar-refractivity contribution in [1.82, 2.24) is 0 Å². The highest BCUT2D eigenvalue weighted by atomic mass is 35.6. The molecule has 0 amide bonds. The van der Waals surface area contributed by atoms with Gasteiger partial charge in [-0.25, -0.2) is 0 Å². The van der Waals surface area contributed by atoms with E-state index in [9.17, 15) is 4.79 Å². The van der Waals surface area contributed by atoms with Gasteiger partial charge in [0.25, 0.3) is 6.02 Å². The zero-order valence-corrected chi connectivity index (χ0v) is 12.4. The number of nitrogens with one attached hydrogen (secondary N) is 1. The molecule has 8 heteroatoms. The van der Waals surface area contributed by atoms with Gasteiger partial charge in [-0.3, -0.25) is 10.2 Å². The van der Waals surface area contributed by atoms with Crippen molar-refractivity contribution in [3.05, 3.63) is 0 Å². The maximum atomic E-state index is 11.3. The number of rotatable bonds is 4. The van der Waals surface area contributed by atoms with E-state index in [4.69, 9.17) is 57.5 Å². The molecule has 0 aliphatic rings. The summed E-state index contributed by atoms with van der Waals surface area (Å²) < 4.78 is 2.95. The number of nitrogens with two attached hydrogens (primary N) is 1. The molecule has 0 heterocycles. The number of ether oxygens (including phenoxy) is 1. The van der Waals surface area contributed by atoms with Crippen molar-refractivity contribution < 1.29 is 9.53 Å². The number of amidine groups is 1. The molecular weight excluding hydrogens is 310 g/mol. The normalized spacial score (nSPS) is 14.2. The van der Waals surface area contributed by atoms with Gasteiger partial charge < -0.3 is 10.5 Å². The summed E-state index contributed by atoms with van der Waals surface area (Å²) in [5.41, 5.74) is 4.29. The fourth-order valence-corrected chi connectivity index (χ4v) is 2.13. The van der Waals surface area contributed by atoms with Gasteiger partial charge in [0.15, 0.2) is 3.79 Å². The summed E-state index contributed by atoms with van der Waals surface area (Å²) in [7, 11) is 0. The lowest BCUT2D eigenvalue weighted by Gasteiger charge is -2.30. The lowest BCUT2D eigenvalue weighted by atomic mass is 9.84. The molecule has 4 nitrogen and oxygen atoms in total.